The third-order valence-corrected chi connectivity index (χ3v) is 5.63. The molecule has 31 heavy (non-hydrogen) atoms. The zero-order valence-corrected chi connectivity index (χ0v) is 18.3. The third-order valence-electron chi connectivity index (χ3n) is 5.38. The molecule has 4 rings (SSSR count). The number of halogens is 1. The minimum Gasteiger partial charge on any atom is -0.336 e. The lowest BCUT2D eigenvalue weighted by molar-refractivity contribution is 0.0637. The Morgan fingerprint density at radius 3 is 2.39 bits per heavy atom. The SMILES string of the molecule is CCCN1CCN(C(=O)c2ccc(Nc3nccc(-c4ccc(Cl)cc4)n3)cc2)CC1. The van der Waals surface area contributed by atoms with Gasteiger partial charge in [0.2, 0.25) is 5.95 Å². The first-order valence-electron chi connectivity index (χ1n) is 10.6. The molecule has 0 radical (unpaired) electrons. The van der Waals surface area contributed by atoms with Crippen molar-refractivity contribution in [3.05, 3.63) is 71.4 Å². The maximum Gasteiger partial charge on any atom is 0.253 e. The molecular weight excluding hydrogens is 410 g/mol. The van der Waals surface area contributed by atoms with E-state index in [9.17, 15) is 4.79 Å². The van der Waals surface area contributed by atoms with E-state index < -0.39 is 0 Å². The number of benzene rings is 2. The maximum atomic E-state index is 12.8. The molecule has 0 bridgehead atoms. The van der Waals surface area contributed by atoms with Gasteiger partial charge in [-0.05, 0) is 55.4 Å². The molecule has 1 fully saturated rings. The number of nitrogens with zero attached hydrogens (tertiary/aromatic N) is 4. The van der Waals surface area contributed by atoms with Crippen molar-refractivity contribution in [1.29, 1.82) is 0 Å². The average molecular weight is 436 g/mol. The van der Waals surface area contributed by atoms with Crippen molar-refractivity contribution in [2.45, 2.75) is 13.3 Å². The van der Waals surface area contributed by atoms with Crippen molar-refractivity contribution < 1.29 is 4.79 Å². The van der Waals surface area contributed by atoms with E-state index in [2.05, 4.69) is 27.1 Å². The van der Waals surface area contributed by atoms with Crippen LogP contribution in [0.25, 0.3) is 11.3 Å². The first-order valence-corrected chi connectivity index (χ1v) is 11.0. The van der Waals surface area contributed by atoms with Crippen LogP contribution in [0.5, 0.6) is 0 Å². The number of anilines is 2. The summed E-state index contributed by atoms with van der Waals surface area (Å²) in [6.07, 6.45) is 2.87. The second-order valence-corrected chi connectivity index (χ2v) is 8.05. The van der Waals surface area contributed by atoms with Crippen LogP contribution in [0.2, 0.25) is 5.02 Å². The number of amides is 1. The highest BCUT2D eigenvalue weighted by atomic mass is 35.5. The van der Waals surface area contributed by atoms with Crippen LogP contribution in [0.3, 0.4) is 0 Å². The summed E-state index contributed by atoms with van der Waals surface area (Å²) in [7, 11) is 0. The maximum absolute atomic E-state index is 12.8. The summed E-state index contributed by atoms with van der Waals surface area (Å²) < 4.78 is 0. The quantitative estimate of drug-likeness (QED) is 0.607. The third kappa shape index (κ3) is 5.40. The Bertz CT molecular complexity index is 1010. The van der Waals surface area contributed by atoms with E-state index in [1.54, 1.807) is 6.20 Å². The summed E-state index contributed by atoms with van der Waals surface area (Å²) in [5, 5.41) is 3.90. The fourth-order valence-corrected chi connectivity index (χ4v) is 3.82. The number of hydrogen-bond acceptors (Lipinski definition) is 5. The minimum absolute atomic E-state index is 0.0867. The molecule has 0 aliphatic carbocycles. The van der Waals surface area contributed by atoms with E-state index in [4.69, 9.17) is 11.6 Å². The van der Waals surface area contributed by atoms with Gasteiger partial charge in [0.15, 0.2) is 0 Å². The average Bonchev–Trinajstić information content (AvgIpc) is 2.81. The first kappa shape index (κ1) is 21.3. The number of aromatic nitrogens is 2. The molecule has 1 amide bonds. The van der Waals surface area contributed by atoms with Crippen LogP contribution in [0.1, 0.15) is 23.7 Å². The molecule has 3 aromatic rings. The lowest BCUT2D eigenvalue weighted by Crippen LogP contribution is -2.48. The van der Waals surface area contributed by atoms with Crippen LogP contribution >= 0.6 is 11.6 Å². The lowest BCUT2D eigenvalue weighted by atomic mass is 10.1. The van der Waals surface area contributed by atoms with Crippen molar-refractivity contribution in [1.82, 2.24) is 19.8 Å². The Morgan fingerprint density at radius 1 is 1.00 bits per heavy atom. The number of piperazine rings is 1. The predicted molar refractivity (Wildman–Crippen MR) is 125 cm³/mol. The number of rotatable bonds is 6. The van der Waals surface area contributed by atoms with Crippen molar-refractivity contribution in [2.24, 2.45) is 0 Å². The van der Waals surface area contributed by atoms with Gasteiger partial charge in [-0.15, -0.1) is 0 Å². The van der Waals surface area contributed by atoms with E-state index in [1.165, 1.54) is 0 Å². The largest absolute Gasteiger partial charge is 0.336 e. The minimum atomic E-state index is 0.0867. The van der Waals surface area contributed by atoms with Crippen LogP contribution in [0.15, 0.2) is 60.8 Å². The van der Waals surface area contributed by atoms with Crippen molar-refractivity contribution in [3.8, 4) is 11.3 Å². The summed E-state index contributed by atoms with van der Waals surface area (Å²) in [5.41, 5.74) is 3.31. The fraction of sp³-hybridized carbons (Fsp3) is 0.292. The topological polar surface area (TPSA) is 61.4 Å². The summed E-state index contributed by atoms with van der Waals surface area (Å²) in [4.78, 5) is 26.0. The Labute approximate surface area is 187 Å². The van der Waals surface area contributed by atoms with E-state index in [1.807, 2.05) is 59.5 Å². The van der Waals surface area contributed by atoms with Gasteiger partial charge in [0.25, 0.3) is 5.91 Å². The molecule has 0 spiro atoms. The predicted octanol–water partition coefficient (Wildman–Crippen LogP) is 4.71. The first-order chi connectivity index (χ1) is 15.1. The molecule has 2 heterocycles. The molecular formula is C24H26ClN5O. The van der Waals surface area contributed by atoms with Gasteiger partial charge in [-0.1, -0.05) is 30.7 Å². The Balaban J connectivity index is 1.39. The number of carbonyl (C=O) groups excluding carboxylic acids is 1. The van der Waals surface area contributed by atoms with E-state index in [0.717, 1.165) is 56.1 Å². The number of nitrogens with one attached hydrogen (secondary N) is 1. The molecule has 0 unspecified atom stereocenters. The highest BCUT2D eigenvalue weighted by Crippen LogP contribution is 2.22. The molecule has 160 valence electrons. The summed E-state index contributed by atoms with van der Waals surface area (Å²) in [6, 6.07) is 16.9. The van der Waals surface area contributed by atoms with Crippen molar-refractivity contribution in [2.75, 3.05) is 38.0 Å². The molecule has 1 aliphatic rings. The Kier molecular flexibility index (Phi) is 6.79. The van der Waals surface area contributed by atoms with Crippen molar-refractivity contribution >= 4 is 29.1 Å². The van der Waals surface area contributed by atoms with Gasteiger partial charge in [0, 0.05) is 54.2 Å². The van der Waals surface area contributed by atoms with Crippen molar-refractivity contribution in [3.63, 3.8) is 0 Å². The van der Waals surface area contributed by atoms with Gasteiger partial charge < -0.3 is 10.2 Å². The zero-order valence-electron chi connectivity index (χ0n) is 17.6. The summed E-state index contributed by atoms with van der Waals surface area (Å²) >= 11 is 5.97. The smallest absolute Gasteiger partial charge is 0.253 e. The van der Waals surface area contributed by atoms with Gasteiger partial charge in [0.05, 0.1) is 5.69 Å². The van der Waals surface area contributed by atoms with Crippen LogP contribution in [0, 0.1) is 0 Å². The monoisotopic (exact) mass is 435 g/mol. The molecule has 1 N–H and O–H groups in total. The Morgan fingerprint density at radius 2 is 1.71 bits per heavy atom. The standard InChI is InChI=1S/C24H26ClN5O/c1-2-13-29-14-16-30(17-15-29)23(31)19-5-9-21(10-6-19)27-24-26-12-11-22(28-24)18-3-7-20(25)8-4-18/h3-12H,2,13-17H2,1H3,(H,26,27,28). The molecule has 6 nitrogen and oxygen atoms in total. The lowest BCUT2D eigenvalue weighted by Gasteiger charge is -2.34. The summed E-state index contributed by atoms with van der Waals surface area (Å²) in [5.74, 6) is 0.585. The fourth-order valence-electron chi connectivity index (χ4n) is 3.70. The molecule has 1 aliphatic heterocycles. The molecule has 0 atom stereocenters. The van der Waals surface area contributed by atoms with E-state index >= 15 is 0 Å². The molecule has 2 aromatic carbocycles. The van der Waals surface area contributed by atoms with Crippen LogP contribution < -0.4 is 5.32 Å². The van der Waals surface area contributed by atoms with Gasteiger partial charge in [-0.2, -0.15) is 0 Å². The zero-order chi connectivity index (χ0) is 21.6. The highest BCUT2D eigenvalue weighted by Gasteiger charge is 2.21. The number of carbonyl (C=O) groups is 1. The van der Waals surface area contributed by atoms with E-state index in [-0.39, 0.29) is 5.91 Å². The normalized spacial score (nSPS) is 14.5. The van der Waals surface area contributed by atoms with Crippen LogP contribution in [-0.2, 0) is 0 Å². The molecule has 0 saturated carbocycles. The van der Waals surface area contributed by atoms with Gasteiger partial charge in [-0.25, -0.2) is 9.97 Å². The van der Waals surface area contributed by atoms with Crippen LogP contribution in [0.4, 0.5) is 11.6 Å². The van der Waals surface area contributed by atoms with Gasteiger partial charge >= 0.3 is 0 Å². The van der Waals surface area contributed by atoms with Gasteiger partial charge in [0.1, 0.15) is 0 Å². The number of hydrogen-bond donors (Lipinski definition) is 1. The second-order valence-electron chi connectivity index (χ2n) is 7.61. The Hall–Kier alpha value is -2.96. The van der Waals surface area contributed by atoms with E-state index in [0.29, 0.717) is 16.5 Å². The highest BCUT2D eigenvalue weighted by molar-refractivity contribution is 6.30. The molecule has 7 heteroatoms. The second kappa shape index (κ2) is 9.90. The van der Waals surface area contributed by atoms with Gasteiger partial charge in [-0.3, -0.25) is 9.69 Å². The van der Waals surface area contributed by atoms with Crippen LogP contribution in [-0.4, -0.2) is 58.4 Å². The molecule has 1 aromatic heterocycles. The molecule has 1 saturated heterocycles. The summed E-state index contributed by atoms with van der Waals surface area (Å²) in [6.45, 7) is 6.74.